The molecule has 1 aromatic carbocycles. The van der Waals surface area contributed by atoms with E-state index in [0.29, 0.717) is 0 Å². The molecule has 2 aromatic rings. The Kier molecular flexibility index (Phi) is 4.40. The van der Waals surface area contributed by atoms with Gasteiger partial charge in [0, 0.05) is 16.4 Å². The first-order chi connectivity index (χ1) is 8.63. The van der Waals surface area contributed by atoms with Crippen molar-refractivity contribution in [3.63, 3.8) is 0 Å². The van der Waals surface area contributed by atoms with Gasteiger partial charge in [-0.15, -0.1) is 0 Å². The lowest BCUT2D eigenvalue weighted by molar-refractivity contribution is 0.202. The van der Waals surface area contributed by atoms with Crippen molar-refractivity contribution in [1.29, 1.82) is 0 Å². The first-order valence-electron chi connectivity index (χ1n) is 5.93. The molecule has 1 aromatic heterocycles. The number of aromatic nitrogens is 2. The molecule has 0 aliphatic rings. The number of ether oxygens (including phenoxy) is 1. The summed E-state index contributed by atoms with van der Waals surface area (Å²) in [4.78, 5) is 0. The molecule has 0 bridgehead atoms. The van der Waals surface area contributed by atoms with Crippen molar-refractivity contribution in [2.24, 2.45) is 0 Å². The van der Waals surface area contributed by atoms with E-state index < -0.39 is 0 Å². The van der Waals surface area contributed by atoms with E-state index in [-0.39, 0.29) is 0 Å². The molecule has 0 N–H and O–H groups in total. The van der Waals surface area contributed by atoms with Gasteiger partial charge in [-0.3, -0.25) is 0 Å². The van der Waals surface area contributed by atoms with Crippen molar-refractivity contribution in [1.82, 2.24) is 9.78 Å². The van der Waals surface area contributed by atoms with Crippen molar-refractivity contribution in [2.75, 3.05) is 13.7 Å². The Morgan fingerprint density at radius 2 is 1.89 bits per heavy atom. The summed E-state index contributed by atoms with van der Waals surface area (Å²) in [6.45, 7) is 4.91. The predicted molar refractivity (Wildman–Crippen MR) is 81.3 cm³/mol. The summed E-state index contributed by atoms with van der Waals surface area (Å²) in [5.41, 5.74) is 4.68. The quantitative estimate of drug-likeness (QED) is 0.787. The lowest BCUT2D eigenvalue weighted by atomic mass is 10.1. The highest BCUT2D eigenvalue weighted by molar-refractivity contribution is 14.1. The van der Waals surface area contributed by atoms with Crippen molar-refractivity contribution in [3.05, 3.63) is 44.8 Å². The monoisotopic (exact) mass is 356 g/mol. The normalized spacial score (nSPS) is 10.9. The summed E-state index contributed by atoms with van der Waals surface area (Å²) in [6, 6.07) is 8.39. The molecule has 18 heavy (non-hydrogen) atoms. The fourth-order valence-electron chi connectivity index (χ4n) is 2.07. The smallest absolute Gasteiger partial charge is 0.0649 e. The average Bonchev–Trinajstić information content (AvgIpc) is 2.64. The van der Waals surface area contributed by atoms with E-state index in [2.05, 4.69) is 65.8 Å². The molecular weight excluding hydrogens is 339 g/mol. The van der Waals surface area contributed by atoms with Crippen LogP contribution < -0.4 is 0 Å². The molecule has 0 atom stereocenters. The molecule has 0 unspecified atom stereocenters. The van der Waals surface area contributed by atoms with Crippen molar-refractivity contribution in [3.8, 4) is 5.69 Å². The van der Waals surface area contributed by atoms with E-state index >= 15 is 0 Å². The largest absolute Gasteiger partial charge is 0.384 e. The van der Waals surface area contributed by atoms with E-state index in [1.165, 1.54) is 14.8 Å². The molecule has 1 heterocycles. The number of methoxy groups -OCH3 is 1. The Morgan fingerprint density at radius 3 is 2.50 bits per heavy atom. The van der Waals surface area contributed by atoms with Gasteiger partial charge in [-0.05, 0) is 72.7 Å². The minimum Gasteiger partial charge on any atom is -0.384 e. The number of rotatable bonds is 4. The topological polar surface area (TPSA) is 27.1 Å². The molecule has 3 nitrogen and oxygen atoms in total. The van der Waals surface area contributed by atoms with Crippen molar-refractivity contribution < 1.29 is 4.74 Å². The first kappa shape index (κ1) is 13.5. The van der Waals surface area contributed by atoms with Crippen LogP contribution in [-0.4, -0.2) is 23.5 Å². The second kappa shape index (κ2) is 5.84. The van der Waals surface area contributed by atoms with Gasteiger partial charge in [0.05, 0.1) is 18.0 Å². The van der Waals surface area contributed by atoms with Crippen LogP contribution in [0.1, 0.15) is 17.0 Å². The summed E-state index contributed by atoms with van der Waals surface area (Å²) in [6.07, 6.45) is 0.915. The molecule has 0 fully saturated rings. The minimum atomic E-state index is 0.736. The third-order valence-electron chi connectivity index (χ3n) is 3.07. The van der Waals surface area contributed by atoms with Gasteiger partial charge in [0.2, 0.25) is 0 Å². The Hall–Kier alpha value is -0.880. The lowest BCUT2D eigenvalue weighted by Crippen LogP contribution is -2.01. The van der Waals surface area contributed by atoms with E-state index in [1.54, 1.807) is 7.11 Å². The Balaban J connectivity index is 2.37. The predicted octanol–water partition coefficient (Wildman–Crippen LogP) is 3.28. The summed E-state index contributed by atoms with van der Waals surface area (Å²) < 4.78 is 8.39. The van der Waals surface area contributed by atoms with Crippen LogP contribution in [-0.2, 0) is 11.2 Å². The summed E-state index contributed by atoms with van der Waals surface area (Å²) in [5.74, 6) is 0. The Morgan fingerprint density at radius 1 is 1.22 bits per heavy atom. The van der Waals surface area contributed by atoms with Crippen molar-refractivity contribution >= 4 is 22.6 Å². The molecule has 4 heteroatoms. The number of hydrogen-bond donors (Lipinski definition) is 0. The molecule has 0 aliphatic carbocycles. The van der Waals surface area contributed by atoms with Gasteiger partial charge in [0.25, 0.3) is 0 Å². The van der Waals surface area contributed by atoms with Crippen LogP contribution in [0, 0.1) is 17.4 Å². The Bertz CT molecular complexity index is 531. The molecule has 0 saturated carbocycles. The first-order valence-corrected chi connectivity index (χ1v) is 7.01. The number of halogens is 1. The number of benzene rings is 1. The van der Waals surface area contributed by atoms with Crippen LogP contribution in [0.4, 0.5) is 0 Å². The van der Waals surface area contributed by atoms with Gasteiger partial charge in [-0.2, -0.15) is 5.10 Å². The van der Waals surface area contributed by atoms with Crippen LogP contribution in [0.15, 0.2) is 24.3 Å². The molecule has 0 radical (unpaired) electrons. The number of nitrogens with zero attached hydrogens (tertiary/aromatic N) is 2. The summed E-state index contributed by atoms with van der Waals surface area (Å²) >= 11 is 2.31. The van der Waals surface area contributed by atoms with E-state index in [1.807, 2.05) is 4.68 Å². The van der Waals surface area contributed by atoms with Crippen LogP contribution in [0.25, 0.3) is 5.69 Å². The van der Waals surface area contributed by atoms with Gasteiger partial charge < -0.3 is 4.74 Å². The molecule has 0 aliphatic heterocycles. The standard InChI is InChI=1S/C14H17IN2O/c1-10-14(8-9-18-3)11(2)17(16-10)13-6-4-12(15)5-7-13/h4-7H,8-9H2,1-3H3. The molecule has 96 valence electrons. The maximum atomic E-state index is 5.15. The SMILES string of the molecule is COCCc1c(C)nn(-c2ccc(I)cc2)c1C. The van der Waals surface area contributed by atoms with E-state index in [9.17, 15) is 0 Å². The molecule has 2 rings (SSSR count). The second-order valence-electron chi connectivity index (χ2n) is 4.28. The van der Waals surface area contributed by atoms with E-state index in [0.717, 1.165) is 24.4 Å². The number of aryl methyl sites for hydroxylation is 1. The maximum absolute atomic E-state index is 5.15. The molecule has 0 amide bonds. The maximum Gasteiger partial charge on any atom is 0.0649 e. The average molecular weight is 356 g/mol. The van der Waals surface area contributed by atoms with Gasteiger partial charge in [-0.1, -0.05) is 0 Å². The van der Waals surface area contributed by atoms with Gasteiger partial charge in [0.1, 0.15) is 0 Å². The fourth-order valence-corrected chi connectivity index (χ4v) is 2.43. The third kappa shape index (κ3) is 2.75. The zero-order valence-electron chi connectivity index (χ0n) is 10.9. The molecule has 0 saturated heterocycles. The highest BCUT2D eigenvalue weighted by atomic mass is 127. The minimum absolute atomic E-state index is 0.736. The second-order valence-corrected chi connectivity index (χ2v) is 5.53. The van der Waals surface area contributed by atoms with Crippen LogP contribution >= 0.6 is 22.6 Å². The fraction of sp³-hybridized carbons (Fsp3) is 0.357. The number of hydrogen-bond acceptors (Lipinski definition) is 2. The third-order valence-corrected chi connectivity index (χ3v) is 3.79. The van der Waals surface area contributed by atoms with Gasteiger partial charge >= 0.3 is 0 Å². The highest BCUT2D eigenvalue weighted by Crippen LogP contribution is 2.19. The van der Waals surface area contributed by atoms with Gasteiger partial charge in [-0.25, -0.2) is 4.68 Å². The van der Waals surface area contributed by atoms with Crippen LogP contribution in [0.3, 0.4) is 0 Å². The zero-order valence-corrected chi connectivity index (χ0v) is 13.1. The summed E-state index contributed by atoms with van der Waals surface area (Å²) in [5, 5.41) is 4.62. The molecular formula is C14H17IN2O. The Labute approximate surface area is 121 Å². The van der Waals surface area contributed by atoms with E-state index in [4.69, 9.17) is 4.74 Å². The van der Waals surface area contributed by atoms with Crippen molar-refractivity contribution in [2.45, 2.75) is 20.3 Å². The van der Waals surface area contributed by atoms with Crippen LogP contribution in [0.5, 0.6) is 0 Å². The highest BCUT2D eigenvalue weighted by Gasteiger charge is 2.12. The summed E-state index contributed by atoms with van der Waals surface area (Å²) in [7, 11) is 1.73. The lowest BCUT2D eigenvalue weighted by Gasteiger charge is -2.05. The van der Waals surface area contributed by atoms with Gasteiger partial charge in [0.15, 0.2) is 0 Å². The zero-order chi connectivity index (χ0) is 13.1. The molecule has 0 spiro atoms. The van der Waals surface area contributed by atoms with Crippen LogP contribution in [0.2, 0.25) is 0 Å².